The van der Waals surface area contributed by atoms with Gasteiger partial charge in [0.2, 0.25) is 0 Å². The maximum atomic E-state index is 13.8. The van der Waals surface area contributed by atoms with Gasteiger partial charge in [-0.3, -0.25) is 9.59 Å². The molecule has 1 atom stereocenters. The summed E-state index contributed by atoms with van der Waals surface area (Å²) in [6.07, 6.45) is 1.88. The minimum atomic E-state index is -0.598. The molecule has 1 amide bonds. The number of carbonyl (C=O) groups excluding carboxylic acids is 2. The van der Waals surface area contributed by atoms with Crippen LogP contribution < -0.4 is 10.1 Å². The largest absolute Gasteiger partial charge is 0.496 e. The molecule has 0 saturated carbocycles. The molecule has 0 bridgehead atoms. The summed E-state index contributed by atoms with van der Waals surface area (Å²) in [7, 11) is 1.64. The summed E-state index contributed by atoms with van der Waals surface area (Å²) in [6.45, 7) is 1.03. The van der Waals surface area contributed by atoms with Crippen LogP contribution in [0.25, 0.3) is 0 Å². The minimum Gasteiger partial charge on any atom is -0.496 e. The molecule has 2 aliphatic rings. The highest BCUT2D eigenvalue weighted by atomic mass is 19.1. The second kappa shape index (κ2) is 6.87. The second-order valence-corrected chi connectivity index (χ2v) is 6.58. The molecule has 1 unspecified atom stereocenters. The predicted octanol–water partition coefficient (Wildman–Crippen LogP) is 2.63. The number of rotatable bonds is 3. The average Bonchev–Trinajstić information content (AvgIpc) is 2.69. The van der Waals surface area contributed by atoms with Crippen LogP contribution in [0.1, 0.15) is 27.5 Å². The number of hydrogen-bond acceptors (Lipinski definition) is 4. The van der Waals surface area contributed by atoms with Crippen molar-refractivity contribution in [1.82, 2.24) is 10.2 Å². The lowest BCUT2D eigenvalue weighted by Crippen LogP contribution is -2.51. The first kappa shape index (κ1) is 17.3. The Hall–Kier alpha value is -3.15. The van der Waals surface area contributed by atoms with E-state index in [2.05, 4.69) is 5.32 Å². The number of allylic oxidation sites excluding steroid dienone is 1. The number of ether oxygens (including phenoxy) is 1. The Morgan fingerprint density at radius 2 is 2.07 bits per heavy atom. The fraction of sp³-hybridized carbons (Fsp3) is 0.238. The van der Waals surface area contributed by atoms with Crippen LogP contribution in [0.5, 0.6) is 5.75 Å². The Morgan fingerprint density at radius 1 is 1.26 bits per heavy atom. The van der Waals surface area contributed by atoms with E-state index >= 15 is 0 Å². The van der Waals surface area contributed by atoms with Gasteiger partial charge in [0, 0.05) is 24.7 Å². The fourth-order valence-corrected chi connectivity index (χ4v) is 3.79. The van der Waals surface area contributed by atoms with E-state index in [0.717, 1.165) is 16.9 Å². The summed E-state index contributed by atoms with van der Waals surface area (Å²) in [5.74, 6) is -0.541. The van der Waals surface area contributed by atoms with Crippen molar-refractivity contribution in [3.05, 3.63) is 76.7 Å². The maximum Gasteiger partial charge on any atom is 0.270 e. The molecule has 2 aromatic rings. The van der Waals surface area contributed by atoms with Crippen molar-refractivity contribution in [3.63, 3.8) is 0 Å². The maximum absolute atomic E-state index is 13.8. The quantitative estimate of drug-likeness (QED) is 0.670. The first-order valence-corrected chi connectivity index (χ1v) is 8.81. The summed E-state index contributed by atoms with van der Waals surface area (Å²) < 4.78 is 19.3. The molecule has 1 saturated heterocycles. The third-order valence-corrected chi connectivity index (χ3v) is 5.12. The van der Waals surface area contributed by atoms with Gasteiger partial charge in [0.1, 0.15) is 17.3 Å². The van der Waals surface area contributed by atoms with Crippen molar-refractivity contribution in [2.45, 2.75) is 12.5 Å². The summed E-state index contributed by atoms with van der Waals surface area (Å²) in [6, 6.07) is 11.5. The molecule has 4 rings (SSSR count). The highest BCUT2D eigenvalue weighted by molar-refractivity contribution is 6.09. The Bertz CT molecular complexity index is 954. The zero-order chi connectivity index (χ0) is 19.0. The smallest absolute Gasteiger partial charge is 0.270 e. The van der Waals surface area contributed by atoms with Crippen LogP contribution in [0.4, 0.5) is 4.39 Å². The van der Waals surface area contributed by atoms with Crippen LogP contribution in [0.3, 0.4) is 0 Å². The molecule has 0 aliphatic carbocycles. The van der Waals surface area contributed by atoms with E-state index in [1.807, 2.05) is 18.2 Å². The minimum absolute atomic E-state index is 0.0459. The summed E-state index contributed by atoms with van der Waals surface area (Å²) >= 11 is 0. The van der Waals surface area contributed by atoms with Gasteiger partial charge in [-0.05, 0) is 30.2 Å². The number of carbonyl (C=O) groups is 2. The standard InChI is InChI=1S/C21H19FN2O3/c1-27-20-8-4-6-13-14(20)9-10-24-18(13)12-23-17(21(24)26)11-19(25)15-5-2-3-7-16(15)22/h2-8,11,18,23H,9-10,12H2,1H3/b17-11-. The summed E-state index contributed by atoms with van der Waals surface area (Å²) in [4.78, 5) is 27.0. The summed E-state index contributed by atoms with van der Waals surface area (Å²) in [5, 5.41) is 3.05. The average molecular weight is 366 g/mol. The predicted molar refractivity (Wildman–Crippen MR) is 98.0 cm³/mol. The van der Waals surface area contributed by atoms with Crippen molar-refractivity contribution >= 4 is 11.7 Å². The number of fused-ring (bicyclic) bond motifs is 3. The highest BCUT2D eigenvalue weighted by Crippen LogP contribution is 2.36. The van der Waals surface area contributed by atoms with Crippen LogP contribution in [0.2, 0.25) is 0 Å². The molecular formula is C21H19FN2O3. The van der Waals surface area contributed by atoms with Crippen LogP contribution in [0, 0.1) is 5.82 Å². The second-order valence-electron chi connectivity index (χ2n) is 6.58. The lowest BCUT2D eigenvalue weighted by molar-refractivity contribution is -0.132. The highest BCUT2D eigenvalue weighted by Gasteiger charge is 2.37. The number of benzene rings is 2. The number of halogens is 1. The molecule has 0 spiro atoms. The number of amides is 1. The van der Waals surface area contributed by atoms with E-state index in [1.54, 1.807) is 18.1 Å². The van der Waals surface area contributed by atoms with Gasteiger partial charge in [-0.1, -0.05) is 24.3 Å². The number of hydrogen-bond donors (Lipinski definition) is 1. The van der Waals surface area contributed by atoms with Gasteiger partial charge < -0.3 is 15.0 Å². The Kier molecular flexibility index (Phi) is 4.39. The molecule has 1 N–H and O–H groups in total. The molecular weight excluding hydrogens is 347 g/mol. The lowest BCUT2D eigenvalue weighted by atomic mass is 9.90. The van der Waals surface area contributed by atoms with Gasteiger partial charge in [-0.25, -0.2) is 4.39 Å². The molecule has 27 heavy (non-hydrogen) atoms. The molecule has 0 aromatic heterocycles. The molecule has 0 radical (unpaired) electrons. The number of methoxy groups -OCH3 is 1. The number of piperazine rings is 1. The van der Waals surface area contributed by atoms with E-state index in [4.69, 9.17) is 4.74 Å². The van der Waals surface area contributed by atoms with Crippen LogP contribution in [-0.2, 0) is 11.2 Å². The van der Waals surface area contributed by atoms with Crippen LogP contribution in [0.15, 0.2) is 54.2 Å². The van der Waals surface area contributed by atoms with Gasteiger partial charge in [0.05, 0.1) is 18.7 Å². The van der Waals surface area contributed by atoms with Crippen molar-refractivity contribution in [2.75, 3.05) is 20.2 Å². The normalized spacial score (nSPS) is 19.9. The number of nitrogens with one attached hydrogen (secondary N) is 1. The van der Waals surface area contributed by atoms with Crippen LogP contribution in [-0.4, -0.2) is 36.8 Å². The first-order valence-electron chi connectivity index (χ1n) is 8.81. The topological polar surface area (TPSA) is 58.6 Å². The van der Waals surface area contributed by atoms with E-state index < -0.39 is 11.6 Å². The third-order valence-electron chi connectivity index (χ3n) is 5.12. The van der Waals surface area contributed by atoms with Gasteiger partial charge in [-0.2, -0.15) is 0 Å². The molecule has 5 nitrogen and oxygen atoms in total. The van der Waals surface area contributed by atoms with Crippen LogP contribution >= 0.6 is 0 Å². The van der Waals surface area contributed by atoms with Crippen molar-refractivity contribution < 1.29 is 18.7 Å². The van der Waals surface area contributed by atoms with Gasteiger partial charge >= 0.3 is 0 Å². The Morgan fingerprint density at radius 3 is 2.85 bits per heavy atom. The zero-order valence-electron chi connectivity index (χ0n) is 14.9. The number of nitrogens with zero attached hydrogens (tertiary/aromatic N) is 1. The van der Waals surface area contributed by atoms with Crippen molar-refractivity contribution in [3.8, 4) is 5.75 Å². The zero-order valence-corrected chi connectivity index (χ0v) is 14.9. The Labute approximate surface area is 156 Å². The molecule has 2 aliphatic heterocycles. The van der Waals surface area contributed by atoms with E-state index in [-0.39, 0.29) is 23.2 Å². The van der Waals surface area contributed by atoms with Crippen molar-refractivity contribution in [1.29, 1.82) is 0 Å². The lowest BCUT2D eigenvalue weighted by Gasteiger charge is -2.42. The SMILES string of the molecule is COc1cccc2c1CCN1C(=O)/C(=C/C(=O)c3ccccc3F)NCC21. The van der Waals surface area contributed by atoms with Gasteiger partial charge in [0.15, 0.2) is 5.78 Å². The van der Waals surface area contributed by atoms with E-state index in [0.29, 0.717) is 19.5 Å². The molecule has 6 heteroatoms. The number of ketones is 1. The van der Waals surface area contributed by atoms with Gasteiger partial charge in [-0.15, -0.1) is 0 Å². The monoisotopic (exact) mass is 366 g/mol. The van der Waals surface area contributed by atoms with Crippen molar-refractivity contribution in [2.24, 2.45) is 0 Å². The first-order chi connectivity index (χ1) is 13.1. The summed E-state index contributed by atoms with van der Waals surface area (Å²) in [5.41, 5.74) is 2.33. The van der Waals surface area contributed by atoms with E-state index in [1.165, 1.54) is 24.3 Å². The molecule has 1 fully saturated rings. The Balaban J connectivity index is 1.61. The van der Waals surface area contributed by atoms with E-state index in [9.17, 15) is 14.0 Å². The molecule has 2 aromatic carbocycles. The third kappa shape index (κ3) is 2.97. The molecule has 138 valence electrons. The fourth-order valence-electron chi connectivity index (χ4n) is 3.79. The molecule has 2 heterocycles. The van der Waals surface area contributed by atoms with Gasteiger partial charge in [0.25, 0.3) is 5.91 Å².